The number of allylic oxidation sites excluding steroid dienone is 2. The second-order valence-electron chi connectivity index (χ2n) is 2.13. The Morgan fingerprint density at radius 1 is 1.67 bits per heavy atom. The third-order valence-electron chi connectivity index (χ3n) is 1.16. The zero-order chi connectivity index (χ0) is 8.10. The average molecular weight is 169 g/mol. The highest BCUT2D eigenvalue weighted by atomic mass is 16.1. The molecule has 0 spiro atoms. The standard InChI is InChI=1S/C7H9N3O.H2O/c8-7(11)4-6-2-1-3-9-10-5-6;/h1-3,5,9H,4H2,(H2,8,11);1H2. The van der Waals surface area contributed by atoms with Crippen molar-refractivity contribution in [3.8, 4) is 0 Å². The van der Waals surface area contributed by atoms with Gasteiger partial charge in [-0.1, -0.05) is 6.08 Å². The van der Waals surface area contributed by atoms with Crippen LogP contribution in [0.2, 0.25) is 0 Å². The predicted octanol–water partition coefficient (Wildman–Crippen LogP) is -0.934. The molecular weight excluding hydrogens is 158 g/mol. The van der Waals surface area contributed by atoms with Gasteiger partial charge in [0.05, 0.1) is 12.6 Å². The molecule has 12 heavy (non-hydrogen) atoms. The van der Waals surface area contributed by atoms with Crippen LogP contribution in [0.4, 0.5) is 0 Å². The van der Waals surface area contributed by atoms with E-state index >= 15 is 0 Å². The highest BCUT2D eigenvalue weighted by Crippen LogP contribution is 1.98. The summed E-state index contributed by atoms with van der Waals surface area (Å²) in [6.45, 7) is 0. The van der Waals surface area contributed by atoms with Crippen LogP contribution in [-0.4, -0.2) is 17.6 Å². The van der Waals surface area contributed by atoms with E-state index in [0.717, 1.165) is 5.57 Å². The van der Waals surface area contributed by atoms with Gasteiger partial charge in [-0.15, -0.1) is 0 Å². The summed E-state index contributed by atoms with van der Waals surface area (Å²) in [7, 11) is 0. The zero-order valence-corrected chi connectivity index (χ0v) is 6.45. The number of primary amides is 1. The Bertz CT molecular complexity index is 243. The van der Waals surface area contributed by atoms with Crippen LogP contribution in [-0.2, 0) is 4.79 Å². The van der Waals surface area contributed by atoms with Crippen molar-refractivity contribution in [1.82, 2.24) is 5.43 Å². The summed E-state index contributed by atoms with van der Waals surface area (Å²) in [5, 5.41) is 3.77. The average Bonchev–Trinajstić information content (AvgIpc) is 2.14. The number of hydrogen-bond acceptors (Lipinski definition) is 3. The molecule has 0 atom stereocenters. The number of hydrogen-bond donors (Lipinski definition) is 2. The lowest BCUT2D eigenvalue weighted by Gasteiger charge is -1.92. The van der Waals surface area contributed by atoms with Gasteiger partial charge in [0.25, 0.3) is 0 Å². The van der Waals surface area contributed by atoms with Crippen LogP contribution in [0.15, 0.2) is 29.0 Å². The second-order valence-corrected chi connectivity index (χ2v) is 2.13. The Morgan fingerprint density at radius 2 is 2.42 bits per heavy atom. The number of carbonyl (C=O) groups excluding carboxylic acids is 1. The van der Waals surface area contributed by atoms with Crippen LogP contribution in [0.1, 0.15) is 6.42 Å². The van der Waals surface area contributed by atoms with Gasteiger partial charge in [0, 0.05) is 6.20 Å². The molecule has 0 bridgehead atoms. The molecule has 0 aromatic carbocycles. The van der Waals surface area contributed by atoms with Crippen molar-refractivity contribution in [2.75, 3.05) is 0 Å². The lowest BCUT2D eigenvalue weighted by molar-refractivity contribution is -0.117. The van der Waals surface area contributed by atoms with Gasteiger partial charge in [0.15, 0.2) is 0 Å². The molecule has 1 amide bonds. The minimum atomic E-state index is -0.349. The van der Waals surface area contributed by atoms with Crippen LogP contribution in [0.25, 0.3) is 0 Å². The van der Waals surface area contributed by atoms with Crippen molar-refractivity contribution in [2.45, 2.75) is 6.42 Å². The normalized spacial score (nSPS) is 13.8. The fourth-order valence-corrected chi connectivity index (χ4v) is 0.727. The van der Waals surface area contributed by atoms with Gasteiger partial charge < -0.3 is 11.2 Å². The number of nitrogens with zero attached hydrogens (tertiary/aromatic N) is 1. The Labute approximate surface area is 69.9 Å². The van der Waals surface area contributed by atoms with Gasteiger partial charge in [-0.2, -0.15) is 5.10 Å². The minimum absolute atomic E-state index is 0. The van der Waals surface area contributed by atoms with E-state index in [0.29, 0.717) is 0 Å². The van der Waals surface area contributed by atoms with E-state index in [2.05, 4.69) is 10.5 Å². The summed E-state index contributed by atoms with van der Waals surface area (Å²) in [5.41, 5.74) is 8.43. The SMILES string of the molecule is NC(=O)CC1=CC=CNN=C1.O. The van der Waals surface area contributed by atoms with Crippen molar-refractivity contribution in [3.63, 3.8) is 0 Å². The summed E-state index contributed by atoms with van der Waals surface area (Å²) in [6.07, 6.45) is 7.03. The summed E-state index contributed by atoms with van der Waals surface area (Å²) >= 11 is 0. The molecule has 5 heteroatoms. The van der Waals surface area contributed by atoms with Crippen LogP contribution in [0, 0.1) is 0 Å². The van der Waals surface area contributed by atoms with E-state index in [-0.39, 0.29) is 17.8 Å². The van der Waals surface area contributed by atoms with Gasteiger partial charge in [-0.05, 0) is 11.6 Å². The predicted molar refractivity (Wildman–Crippen MR) is 46.3 cm³/mol. The number of nitrogens with one attached hydrogen (secondary N) is 1. The van der Waals surface area contributed by atoms with E-state index < -0.39 is 0 Å². The third kappa shape index (κ3) is 3.52. The monoisotopic (exact) mass is 169 g/mol. The Balaban J connectivity index is 0.00000121. The number of rotatable bonds is 2. The molecule has 0 fully saturated rings. The minimum Gasteiger partial charge on any atom is -0.412 e. The van der Waals surface area contributed by atoms with Gasteiger partial charge in [0.2, 0.25) is 5.91 Å². The highest BCUT2D eigenvalue weighted by molar-refractivity contribution is 5.89. The summed E-state index contributed by atoms with van der Waals surface area (Å²) < 4.78 is 0. The van der Waals surface area contributed by atoms with E-state index in [1.165, 1.54) is 0 Å². The first-order chi connectivity index (χ1) is 5.29. The molecule has 0 unspecified atom stereocenters. The first-order valence-electron chi connectivity index (χ1n) is 3.21. The summed E-state index contributed by atoms with van der Waals surface area (Å²) in [4.78, 5) is 10.5. The molecule has 0 aliphatic carbocycles. The Kier molecular flexibility index (Phi) is 4.40. The van der Waals surface area contributed by atoms with Crippen molar-refractivity contribution in [2.24, 2.45) is 10.8 Å². The second kappa shape index (κ2) is 5.09. The van der Waals surface area contributed by atoms with Crippen molar-refractivity contribution < 1.29 is 10.3 Å². The summed E-state index contributed by atoms with van der Waals surface area (Å²) in [5.74, 6) is -0.349. The first-order valence-corrected chi connectivity index (χ1v) is 3.21. The van der Waals surface area contributed by atoms with E-state index in [1.807, 2.05) is 0 Å². The fraction of sp³-hybridized carbons (Fsp3) is 0.143. The molecular formula is C7H11N3O2. The lowest BCUT2D eigenvalue weighted by Crippen LogP contribution is -2.11. The molecule has 1 aliphatic rings. The van der Waals surface area contributed by atoms with Crippen molar-refractivity contribution in [1.29, 1.82) is 0 Å². The zero-order valence-electron chi connectivity index (χ0n) is 6.45. The molecule has 5 nitrogen and oxygen atoms in total. The van der Waals surface area contributed by atoms with Crippen molar-refractivity contribution >= 4 is 12.1 Å². The molecule has 1 rings (SSSR count). The van der Waals surface area contributed by atoms with Crippen molar-refractivity contribution in [3.05, 3.63) is 23.9 Å². The molecule has 0 radical (unpaired) electrons. The van der Waals surface area contributed by atoms with Gasteiger partial charge in [-0.3, -0.25) is 10.2 Å². The third-order valence-corrected chi connectivity index (χ3v) is 1.16. The molecule has 66 valence electrons. The summed E-state index contributed by atoms with van der Waals surface area (Å²) in [6, 6.07) is 0. The maximum atomic E-state index is 10.5. The molecule has 1 heterocycles. The number of amides is 1. The molecule has 0 aromatic rings. The van der Waals surface area contributed by atoms with E-state index in [1.54, 1.807) is 24.6 Å². The quantitative estimate of drug-likeness (QED) is 0.558. The van der Waals surface area contributed by atoms with Gasteiger partial charge in [0.1, 0.15) is 0 Å². The lowest BCUT2D eigenvalue weighted by atomic mass is 10.2. The molecule has 5 N–H and O–H groups in total. The highest BCUT2D eigenvalue weighted by Gasteiger charge is 1.98. The van der Waals surface area contributed by atoms with Crippen LogP contribution in [0.5, 0.6) is 0 Å². The maximum absolute atomic E-state index is 10.5. The smallest absolute Gasteiger partial charge is 0.221 e. The molecule has 1 aliphatic heterocycles. The molecule has 0 aromatic heterocycles. The van der Waals surface area contributed by atoms with Gasteiger partial charge in [-0.25, -0.2) is 0 Å². The van der Waals surface area contributed by atoms with Crippen LogP contribution >= 0.6 is 0 Å². The number of hydrazone groups is 1. The number of carbonyl (C=O) groups is 1. The number of nitrogens with two attached hydrogens (primary N) is 1. The van der Waals surface area contributed by atoms with Gasteiger partial charge >= 0.3 is 0 Å². The van der Waals surface area contributed by atoms with E-state index in [4.69, 9.17) is 5.73 Å². The fourth-order valence-electron chi connectivity index (χ4n) is 0.727. The first kappa shape index (κ1) is 10.4. The van der Waals surface area contributed by atoms with Crippen LogP contribution in [0.3, 0.4) is 0 Å². The maximum Gasteiger partial charge on any atom is 0.221 e. The van der Waals surface area contributed by atoms with E-state index in [9.17, 15) is 4.79 Å². The Hall–Kier alpha value is -1.62. The molecule has 0 saturated heterocycles. The topological polar surface area (TPSA) is 99.0 Å². The largest absolute Gasteiger partial charge is 0.412 e. The van der Waals surface area contributed by atoms with Crippen LogP contribution < -0.4 is 11.2 Å². The molecule has 0 saturated carbocycles. The Morgan fingerprint density at radius 3 is 3.08 bits per heavy atom.